The minimum absolute atomic E-state index is 0.124. The largest absolute Gasteiger partial charge is 0.356 e. The highest BCUT2D eigenvalue weighted by Crippen LogP contribution is 2.12. The fourth-order valence-corrected chi connectivity index (χ4v) is 2.31. The molecule has 1 atom stereocenters. The van der Waals surface area contributed by atoms with Gasteiger partial charge in [-0.3, -0.25) is 9.59 Å². The fraction of sp³-hybridized carbons (Fsp3) is 0.263. The Morgan fingerprint density at radius 3 is 2.28 bits per heavy atom. The van der Waals surface area contributed by atoms with Crippen molar-refractivity contribution in [2.45, 2.75) is 18.9 Å². The maximum absolute atomic E-state index is 12.8. The van der Waals surface area contributed by atoms with Crippen LogP contribution in [0.2, 0.25) is 0 Å². The smallest absolute Gasteiger partial charge is 0.251 e. The van der Waals surface area contributed by atoms with Crippen LogP contribution in [0.1, 0.15) is 34.8 Å². The number of carbonyl (C=O) groups excluding carboxylic acids is 2. The van der Waals surface area contributed by atoms with Crippen LogP contribution in [-0.4, -0.2) is 24.9 Å². The summed E-state index contributed by atoms with van der Waals surface area (Å²) in [6, 6.07) is 14.5. The van der Waals surface area contributed by atoms with Gasteiger partial charge in [0, 0.05) is 31.1 Å². The van der Waals surface area contributed by atoms with Crippen molar-refractivity contribution < 1.29 is 14.0 Å². The van der Waals surface area contributed by atoms with Crippen molar-refractivity contribution in [2.24, 2.45) is 5.73 Å². The topological polar surface area (TPSA) is 84.2 Å². The quantitative estimate of drug-likeness (QED) is 0.642. The summed E-state index contributed by atoms with van der Waals surface area (Å²) in [6.07, 6.45) is 0.811. The second-order valence-electron chi connectivity index (χ2n) is 5.69. The number of hydrogen-bond acceptors (Lipinski definition) is 3. The number of halogens is 1. The van der Waals surface area contributed by atoms with Gasteiger partial charge in [0.05, 0.1) is 0 Å². The lowest BCUT2D eigenvalue weighted by Gasteiger charge is -2.12. The molecule has 1 unspecified atom stereocenters. The average Bonchev–Trinajstić information content (AvgIpc) is 2.62. The van der Waals surface area contributed by atoms with Gasteiger partial charge in [0.25, 0.3) is 5.91 Å². The van der Waals surface area contributed by atoms with Crippen LogP contribution in [0.4, 0.5) is 4.39 Å². The van der Waals surface area contributed by atoms with E-state index in [4.69, 9.17) is 5.73 Å². The SMILES string of the molecule is NC(CC(=O)NCCCNC(=O)c1ccc(F)cc1)c1ccccc1. The second kappa shape index (κ2) is 9.54. The van der Waals surface area contributed by atoms with E-state index in [0.29, 0.717) is 25.1 Å². The number of benzene rings is 2. The van der Waals surface area contributed by atoms with Crippen molar-refractivity contribution in [2.75, 3.05) is 13.1 Å². The Morgan fingerprint density at radius 1 is 0.960 bits per heavy atom. The molecule has 25 heavy (non-hydrogen) atoms. The van der Waals surface area contributed by atoms with Gasteiger partial charge in [-0.15, -0.1) is 0 Å². The molecule has 6 heteroatoms. The molecule has 0 aliphatic carbocycles. The standard InChI is InChI=1S/C19H22FN3O2/c20-16-9-7-15(8-10-16)19(25)23-12-4-11-22-18(24)13-17(21)14-5-2-1-3-6-14/h1-3,5-10,17H,4,11-13,21H2,(H,22,24)(H,23,25). The highest BCUT2D eigenvalue weighted by Gasteiger charge is 2.11. The molecule has 4 N–H and O–H groups in total. The highest BCUT2D eigenvalue weighted by atomic mass is 19.1. The van der Waals surface area contributed by atoms with E-state index in [1.807, 2.05) is 30.3 Å². The van der Waals surface area contributed by atoms with E-state index < -0.39 is 0 Å². The van der Waals surface area contributed by atoms with Gasteiger partial charge < -0.3 is 16.4 Å². The number of rotatable bonds is 8. The zero-order chi connectivity index (χ0) is 18.1. The van der Waals surface area contributed by atoms with E-state index in [0.717, 1.165) is 5.56 Å². The highest BCUT2D eigenvalue weighted by molar-refractivity contribution is 5.94. The number of carbonyl (C=O) groups is 2. The van der Waals surface area contributed by atoms with Crippen molar-refractivity contribution >= 4 is 11.8 Å². The first kappa shape index (κ1) is 18.6. The summed E-state index contributed by atoms with van der Waals surface area (Å²) in [5, 5.41) is 5.51. The molecule has 0 spiro atoms. The zero-order valence-electron chi connectivity index (χ0n) is 13.9. The molecule has 5 nitrogen and oxygen atoms in total. The van der Waals surface area contributed by atoms with Crippen LogP contribution >= 0.6 is 0 Å². The summed E-state index contributed by atoms with van der Waals surface area (Å²) < 4.78 is 12.8. The summed E-state index contributed by atoms with van der Waals surface area (Å²) in [5.74, 6) is -0.772. The van der Waals surface area contributed by atoms with E-state index in [1.54, 1.807) is 0 Å². The first-order valence-corrected chi connectivity index (χ1v) is 8.17. The molecule has 2 aromatic rings. The van der Waals surface area contributed by atoms with Crippen molar-refractivity contribution in [1.29, 1.82) is 0 Å². The Labute approximate surface area is 146 Å². The Bertz CT molecular complexity index is 690. The lowest BCUT2D eigenvalue weighted by molar-refractivity contribution is -0.121. The Balaban J connectivity index is 1.61. The predicted octanol–water partition coefficient (Wildman–Crippen LogP) is 2.15. The van der Waals surface area contributed by atoms with Crippen LogP contribution in [-0.2, 0) is 4.79 Å². The van der Waals surface area contributed by atoms with E-state index >= 15 is 0 Å². The van der Waals surface area contributed by atoms with Gasteiger partial charge in [-0.05, 0) is 36.2 Å². The summed E-state index contributed by atoms with van der Waals surface area (Å²) in [4.78, 5) is 23.7. The predicted molar refractivity (Wildman–Crippen MR) is 94.3 cm³/mol. The zero-order valence-corrected chi connectivity index (χ0v) is 13.9. The average molecular weight is 343 g/mol. The van der Waals surface area contributed by atoms with Gasteiger partial charge in [0.1, 0.15) is 5.82 Å². The van der Waals surface area contributed by atoms with Crippen molar-refractivity contribution in [3.8, 4) is 0 Å². The van der Waals surface area contributed by atoms with Crippen molar-refractivity contribution in [3.63, 3.8) is 0 Å². The molecule has 0 bridgehead atoms. The van der Waals surface area contributed by atoms with Gasteiger partial charge >= 0.3 is 0 Å². The van der Waals surface area contributed by atoms with Gasteiger partial charge in [0.2, 0.25) is 5.91 Å². The first-order valence-electron chi connectivity index (χ1n) is 8.17. The number of nitrogens with two attached hydrogens (primary N) is 1. The van der Waals surface area contributed by atoms with Gasteiger partial charge in [-0.2, -0.15) is 0 Å². The third kappa shape index (κ3) is 6.35. The van der Waals surface area contributed by atoms with E-state index in [2.05, 4.69) is 10.6 Å². The third-order valence-electron chi connectivity index (χ3n) is 3.70. The van der Waals surface area contributed by atoms with Gasteiger partial charge in [-0.25, -0.2) is 4.39 Å². The number of nitrogens with one attached hydrogen (secondary N) is 2. The molecule has 132 valence electrons. The monoisotopic (exact) mass is 343 g/mol. The maximum Gasteiger partial charge on any atom is 0.251 e. The molecule has 0 saturated heterocycles. The fourth-order valence-electron chi connectivity index (χ4n) is 2.31. The molecule has 2 rings (SSSR count). The van der Waals surface area contributed by atoms with E-state index in [1.165, 1.54) is 24.3 Å². The van der Waals surface area contributed by atoms with E-state index in [9.17, 15) is 14.0 Å². The molecule has 0 heterocycles. The van der Waals surface area contributed by atoms with Crippen LogP contribution in [0.5, 0.6) is 0 Å². The number of amides is 2. The molecular formula is C19H22FN3O2. The van der Waals surface area contributed by atoms with Crippen molar-refractivity contribution in [3.05, 3.63) is 71.5 Å². The van der Waals surface area contributed by atoms with Crippen LogP contribution in [0.25, 0.3) is 0 Å². The van der Waals surface area contributed by atoms with Gasteiger partial charge in [-0.1, -0.05) is 30.3 Å². The van der Waals surface area contributed by atoms with Crippen LogP contribution in [0.15, 0.2) is 54.6 Å². The van der Waals surface area contributed by atoms with Gasteiger partial charge in [0.15, 0.2) is 0 Å². The van der Waals surface area contributed by atoms with Crippen LogP contribution < -0.4 is 16.4 Å². The Hall–Kier alpha value is -2.73. The molecule has 0 saturated carbocycles. The summed E-state index contributed by atoms with van der Waals surface area (Å²) in [6.45, 7) is 0.866. The second-order valence-corrected chi connectivity index (χ2v) is 5.69. The summed E-state index contributed by atoms with van der Waals surface area (Å²) >= 11 is 0. The van der Waals surface area contributed by atoms with E-state index in [-0.39, 0.29) is 30.1 Å². The molecular weight excluding hydrogens is 321 g/mol. The third-order valence-corrected chi connectivity index (χ3v) is 3.70. The van der Waals surface area contributed by atoms with Crippen molar-refractivity contribution in [1.82, 2.24) is 10.6 Å². The molecule has 0 aliphatic heterocycles. The maximum atomic E-state index is 12.8. The van der Waals surface area contributed by atoms with Crippen LogP contribution in [0, 0.1) is 5.82 Å². The first-order chi connectivity index (χ1) is 12.1. The lowest BCUT2D eigenvalue weighted by Crippen LogP contribution is -2.31. The summed E-state index contributed by atoms with van der Waals surface area (Å²) in [7, 11) is 0. The number of hydrogen-bond donors (Lipinski definition) is 3. The molecule has 0 radical (unpaired) electrons. The molecule has 2 amide bonds. The molecule has 0 aromatic heterocycles. The molecule has 0 fully saturated rings. The summed E-state index contributed by atoms with van der Waals surface area (Å²) in [5.41, 5.74) is 7.32. The lowest BCUT2D eigenvalue weighted by atomic mass is 10.0. The molecule has 2 aromatic carbocycles. The Kier molecular flexibility index (Phi) is 7.10. The minimum Gasteiger partial charge on any atom is -0.356 e. The minimum atomic E-state index is -0.382. The van der Waals surface area contributed by atoms with Crippen LogP contribution in [0.3, 0.4) is 0 Å². The Morgan fingerprint density at radius 2 is 1.60 bits per heavy atom. The normalized spacial score (nSPS) is 11.6. The molecule has 0 aliphatic rings.